The summed E-state index contributed by atoms with van der Waals surface area (Å²) in [5, 5.41) is 6.62. The Morgan fingerprint density at radius 3 is 2.62 bits per heavy atom. The zero-order valence-electron chi connectivity index (χ0n) is 12.6. The molecule has 0 aliphatic heterocycles. The summed E-state index contributed by atoms with van der Waals surface area (Å²) in [7, 11) is 0. The third-order valence-corrected chi connectivity index (χ3v) is 4.00. The summed E-state index contributed by atoms with van der Waals surface area (Å²) < 4.78 is 18.0. The third kappa shape index (κ3) is 4.42. The lowest BCUT2D eigenvalue weighted by atomic mass is 10.2. The van der Waals surface area contributed by atoms with Crippen LogP contribution < -0.4 is 5.32 Å². The highest BCUT2D eigenvalue weighted by Crippen LogP contribution is 2.18. The molecule has 0 unspecified atom stereocenters. The number of amides is 1. The second kappa shape index (κ2) is 7.74. The number of nitrogens with one attached hydrogen (secondary N) is 1. The van der Waals surface area contributed by atoms with Crippen LogP contribution in [-0.4, -0.2) is 21.8 Å². The van der Waals surface area contributed by atoms with Crippen LogP contribution >= 0.6 is 11.8 Å². The normalized spacial score (nSPS) is 10.5. The van der Waals surface area contributed by atoms with E-state index >= 15 is 0 Å². The van der Waals surface area contributed by atoms with Crippen molar-refractivity contribution in [3.05, 3.63) is 66.3 Å². The summed E-state index contributed by atoms with van der Waals surface area (Å²) in [6, 6.07) is 15.2. The predicted molar refractivity (Wildman–Crippen MR) is 90.9 cm³/mol. The summed E-state index contributed by atoms with van der Waals surface area (Å²) in [5.74, 6) is 1.16. The van der Waals surface area contributed by atoms with Gasteiger partial charge in [-0.05, 0) is 24.3 Å². The Bertz CT molecular complexity index is 806. The van der Waals surface area contributed by atoms with Crippen LogP contribution in [0.15, 0.2) is 59.1 Å². The van der Waals surface area contributed by atoms with Crippen LogP contribution in [0.25, 0.3) is 11.4 Å². The Balaban J connectivity index is 1.47. The molecule has 0 bridgehead atoms. The Morgan fingerprint density at radius 1 is 1.12 bits per heavy atom. The molecule has 24 heavy (non-hydrogen) atoms. The largest absolute Gasteiger partial charge is 0.338 e. The first kappa shape index (κ1) is 16.2. The minimum Gasteiger partial charge on any atom is -0.338 e. The van der Waals surface area contributed by atoms with Crippen molar-refractivity contribution in [3.63, 3.8) is 0 Å². The second-order valence-corrected chi connectivity index (χ2v) is 5.91. The number of benzene rings is 2. The summed E-state index contributed by atoms with van der Waals surface area (Å²) in [5.41, 5.74) is 1.44. The van der Waals surface area contributed by atoms with Gasteiger partial charge in [-0.2, -0.15) is 4.98 Å². The van der Waals surface area contributed by atoms with Gasteiger partial charge < -0.3 is 9.84 Å². The number of halogens is 1. The Hall–Kier alpha value is -2.67. The standard InChI is InChI=1S/C17H14FN3O2S/c18-13-6-8-14(9-7-13)19-15(22)10-24-11-16-20-17(21-23-16)12-4-2-1-3-5-12/h1-9H,10-11H2,(H,19,22). The van der Waals surface area contributed by atoms with Gasteiger partial charge in [0.2, 0.25) is 17.6 Å². The third-order valence-electron chi connectivity index (χ3n) is 3.09. The van der Waals surface area contributed by atoms with Crippen molar-refractivity contribution < 1.29 is 13.7 Å². The van der Waals surface area contributed by atoms with Gasteiger partial charge in [-0.1, -0.05) is 35.5 Å². The van der Waals surface area contributed by atoms with E-state index in [1.54, 1.807) is 0 Å². The van der Waals surface area contributed by atoms with E-state index in [-0.39, 0.29) is 17.5 Å². The van der Waals surface area contributed by atoms with E-state index in [0.717, 1.165) is 5.56 Å². The molecule has 0 radical (unpaired) electrons. The molecule has 0 spiro atoms. The highest BCUT2D eigenvalue weighted by molar-refractivity contribution is 7.99. The Labute approximate surface area is 142 Å². The summed E-state index contributed by atoms with van der Waals surface area (Å²) >= 11 is 1.36. The molecule has 5 nitrogen and oxygen atoms in total. The molecule has 3 rings (SSSR count). The SMILES string of the molecule is O=C(CSCc1nc(-c2ccccc2)no1)Nc1ccc(F)cc1. The second-order valence-electron chi connectivity index (χ2n) is 4.93. The number of rotatable bonds is 6. The van der Waals surface area contributed by atoms with E-state index in [0.29, 0.717) is 23.2 Å². The fraction of sp³-hybridized carbons (Fsp3) is 0.118. The van der Waals surface area contributed by atoms with E-state index < -0.39 is 0 Å². The first-order valence-electron chi connectivity index (χ1n) is 7.22. The van der Waals surface area contributed by atoms with Crippen molar-refractivity contribution in [2.24, 2.45) is 0 Å². The average Bonchev–Trinajstić information content (AvgIpc) is 3.07. The lowest BCUT2D eigenvalue weighted by Crippen LogP contribution is -2.14. The number of anilines is 1. The van der Waals surface area contributed by atoms with Crippen molar-refractivity contribution in [2.45, 2.75) is 5.75 Å². The number of aromatic nitrogens is 2. The number of carbonyl (C=O) groups excluding carboxylic acids is 1. The molecule has 1 N–H and O–H groups in total. The first-order chi connectivity index (χ1) is 11.7. The van der Waals surface area contributed by atoms with Gasteiger partial charge in [-0.15, -0.1) is 11.8 Å². The van der Waals surface area contributed by atoms with Crippen LogP contribution in [0.4, 0.5) is 10.1 Å². The summed E-state index contributed by atoms with van der Waals surface area (Å²) in [6.45, 7) is 0. The minimum absolute atomic E-state index is 0.172. The van der Waals surface area contributed by atoms with Crippen molar-refractivity contribution in [1.29, 1.82) is 0 Å². The monoisotopic (exact) mass is 343 g/mol. The van der Waals surface area contributed by atoms with Crippen molar-refractivity contribution in [3.8, 4) is 11.4 Å². The van der Waals surface area contributed by atoms with E-state index in [9.17, 15) is 9.18 Å². The minimum atomic E-state index is -0.340. The van der Waals surface area contributed by atoms with E-state index in [4.69, 9.17) is 4.52 Å². The van der Waals surface area contributed by atoms with Gasteiger partial charge in [-0.25, -0.2) is 4.39 Å². The highest BCUT2D eigenvalue weighted by Gasteiger charge is 2.09. The van der Waals surface area contributed by atoms with Crippen molar-refractivity contribution in [2.75, 3.05) is 11.1 Å². The van der Waals surface area contributed by atoms with Gasteiger partial charge in [0.1, 0.15) is 5.82 Å². The molecular weight excluding hydrogens is 329 g/mol. The summed E-state index contributed by atoms with van der Waals surface area (Å²) in [4.78, 5) is 16.1. The number of carbonyl (C=O) groups is 1. The van der Waals surface area contributed by atoms with Gasteiger partial charge in [0.25, 0.3) is 0 Å². The molecule has 1 amide bonds. The lowest BCUT2D eigenvalue weighted by Gasteiger charge is -2.03. The van der Waals surface area contributed by atoms with Gasteiger partial charge in [0.15, 0.2) is 0 Å². The first-order valence-corrected chi connectivity index (χ1v) is 8.37. The van der Waals surface area contributed by atoms with Crippen LogP contribution in [0.3, 0.4) is 0 Å². The molecule has 1 aromatic heterocycles. The Morgan fingerprint density at radius 2 is 1.88 bits per heavy atom. The van der Waals surface area contributed by atoms with Crippen molar-refractivity contribution in [1.82, 2.24) is 10.1 Å². The van der Waals surface area contributed by atoms with Crippen LogP contribution in [0, 0.1) is 5.82 Å². The summed E-state index contributed by atoms with van der Waals surface area (Å²) in [6.07, 6.45) is 0. The molecule has 2 aromatic carbocycles. The molecule has 0 saturated heterocycles. The Kier molecular flexibility index (Phi) is 5.22. The molecule has 0 aliphatic rings. The van der Waals surface area contributed by atoms with Gasteiger partial charge >= 0.3 is 0 Å². The number of hydrogen-bond acceptors (Lipinski definition) is 5. The molecule has 7 heteroatoms. The maximum atomic E-state index is 12.8. The fourth-order valence-corrected chi connectivity index (χ4v) is 2.63. The zero-order chi connectivity index (χ0) is 16.8. The molecule has 0 aliphatic carbocycles. The average molecular weight is 343 g/mol. The fourth-order valence-electron chi connectivity index (χ4n) is 1.98. The van der Waals surface area contributed by atoms with Crippen LogP contribution in [0.2, 0.25) is 0 Å². The maximum absolute atomic E-state index is 12.8. The predicted octanol–water partition coefficient (Wildman–Crippen LogP) is 3.75. The van der Waals surface area contributed by atoms with E-state index in [1.165, 1.54) is 36.0 Å². The molecule has 0 saturated carbocycles. The molecule has 122 valence electrons. The van der Waals surface area contributed by atoms with Gasteiger partial charge in [0.05, 0.1) is 11.5 Å². The molecule has 1 heterocycles. The van der Waals surface area contributed by atoms with Crippen LogP contribution in [-0.2, 0) is 10.5 Å². The quantitative estimate of drug-likeness (QED) is 0.738. The molecule has 3 aromatic rings. The van der Waals surface area contributed by atoms with Gasteiger partial charge in [0, 0.05) is 11.3 Å². The number of hydrogen-bond donors (Lipinski definition) is 1. The lowest BCUT2D eigenvalue weighted by molar-refractivity contribution is -0.113. The highest BCUT2D eigenvalue weighted by atomic mass is 32.2. The maximum Gasteiger partial charge on any atom is 0.236 e. The molecule has 0 fully saturated rings. The van der Waals surface area contributed by atoms with Crippen LogP contribution in [0.1, 0.15) is 5.89 Å². The molecule has 0 atom stereocenters. The topological polar surface area (TPSA) is 68.0 Å². The van der Waals surface area contributed by atoms with Crippen LogP contribution in [0.5, 0.6) is 0 Å². The van der Waals surface area contributed by atoms with Gasteiger partial charge in [-0.3, -0.25) is 4.79 Å². The van der Waals surface area contributed by atoms with E-state index in [2.05, 4.69) is 15.5 Å². The van der Waals surface area contributed by atoms with E-state index in [1.807, 2.05) is 30.3 Å². The smallest absolute Gasteiger partial charge is 0.236 e. The molecular formula is C17H14FN3O2S. The number of thioether (sulfide) groups is 1. The zero-order valence-corrected chi connectivity index (χ0v) is 13.4. The number of nitrogens with zero attached hydrogens (tertiary/aromatic N) is 2. The van der Waals surface area contributed by atoms with Crippen molar-refractivity contribution >= 4 is 23.4 Å².